The van der Waals surface area contributed by atoms with Crippen LogP contribution in [0.3, 0.4) is 0 Å². The lowest BCUT2D eigenvalue weighted by molar-refractivity contribution is 0.0901. The molecule has 1 fully saturated rings. The SMILES string of the molecule is Cc1ccc(OCCCOCCN2CCNCC2)cc1. The van der Waals surface area contributed by atoms with Crippen molar-refractivity contribution in [3.63, 3.8) is 0 Å². The predicted octanol–water partition coefficient (Wildman–Crippen LogP) is 1.69. The van der Waals surface area contributed by atoms with Crippen LogP contribution in [0.5, 0.6) is 5.75 Å². The van der Waals surface area contributed by atoms with E-state index in [0.717, 1.165) is 64.7 Å². The molecule has 1 aromatic carbocycles. The van der Waals surface area contributed by atoms with Crippen molar-refractivity contribution in [1.82, 2.24) is 10.2 Å². The Hall–Kier alpha value is -1.10. The van der Waals surface area contributed by atoms with Gasteiger partial charge in [-0.2, -0.15) is 0 Å². The smallest absolute Gasteiger partial charge is 0.119 e. The Morgan fingerprint density at radius 1 is 1.05 bits per heavy atom. The molecule has 20 heavy (non-hydrogen) atoms. The van der Waals surface area contributed by atoms with E-state index < -0.39 is 0 Å². The third-order valence-corrected chi connectivity index (χ3v) is 3.48. The second-order valence-corrected chi connectivity index (χ2v) is 5.22. The molecule has 0 unspecified atom stereocenters. The van der Waals surface area contributed by atoms with E-state index in [4.69, 9.17) is 9.47 Å². The number of hydrogen-bond acceptors (Lipinski definition) is 4. The van der Waals surface area contributed by atoms with E-state index in [-0.39, 0.29) is 0 Å². The van der Waals surface area contributed by atoms with Gasteiger partial charge < -0.3 is 14.8 Å². The summed E-state index contributed by atoms with van der Waals surface area (Å²) in [5.74, 6) is 0.941. The molecule has 1 aliphatic heterocycles. The first kappa shape index (κ1) is 15.3. The summed E-state index contributed by atoms with van der Waals surface area (Å²) in [5.41, 5.74) is 1.26. The van der Waals surface area contributed by atoms with E-state index in [0.29, 0.717) is 0 Å². The Morgan fingerprint density at radius 3 is 2.55 bits per heavy atom. The van der Waals surface area contributed by atoms with Crippen LogP contribution in [0.15, 0.2) is 24.3 Å². The minimum absolute atomic E-state index is 0.719. The maximum Gasteiger partial charge on any atom is 0.119 e. The molecule has 0 saturated carbocycles. The summed E-state index contributed by atoms with van der Waals surface area (Å²) in [7, 11) is 0. The second kappa shape index (κ2) is 8.95. The third kappa shape index (κ3) is 5.90. The van der Waals surface area contributed by atoms with Gasteiger partial charge in [0.2, 0.25) is 0 Å². The summed E-state index contributed by atoms with van der Waals surface area (Å²) in [4.78, 5) is 2.44. The first-order chi connectivity index (χ1) is 9.84. The molecule has 4 nitrogen and oxygen atoms in total. The van der Waals surface area contributed by atoms with E-state index in [2.05, 4.69) is 29.3 Å². The van der Waals surface area contributed by atoms with Crippen LogP contribution in [0, 0.1) is 6.92 Å². The zero-order chi connectivity index (χ0) is 14.0. The monoisotopic (exact) mass is 278 g/mol. The van der Waals surface area contributed by atoms with Crippen molar-refractivity contribution in [1.29, 1.82) is 0 Å². The molecule has 1 aromatic rings. The molecule has 1 N–H and O–H groups in total. The Kier molecular flexibility index (Phi) is 6.84. The van der Waals surface area contributed by atoms with Crippen LogP contribution in [0.4, 0.5) is 0 Å². The molecule has 0 amide bonds. The summed E-state index contributed by atoms with van der Waals surface area (Å²) in [6.07, 6.45) is 0.940. The van der Waals surface area contributed by atoms with Crippen molar-refractivity contribution >= 4 is 0 Å². The standard InChI is InChI=1S/C16H26N2O2/c1-15-3-5-16(6-4-15)20-13-2-12-19-14-11-18-9-7-17-8-10-18/h3-6,17H,2,7-14H2,1H3. The third-order valence-electron chi connectivity index (χ3n) is 3.48. The van der Waals surface area contributed by atoms with Crippen LogP contribution in [0.2, 0.25) is 0 Å². The number of ether oxygens (including phenoxy) is 2. The molecular weight excluding hydrogens is 252 g/mol. The van der Waals surface area contributed by atoms with Crippen molar-refractivity contribution in [2.24, 2.45) is 0 Å². The number of hydrogen-bond donors (Lipinski definition) is 1. The zero-order valence-electron chi connectivity index (χ0n) is 12.4. The van der Waals surface area contributed by atoms with Gasteiger partial charge in [-0.25, -0.2) is 0 Å². The zero-order valence-corrected chi connectivity index (χ0v) is 12.4. The van der Waals surface area contributed by atoms with Gasteiger partial charge in [0.15, 0.2) is 0 Å². The highest BCUT2D eigenvalue weighted by Crippen LogP contribution is 2.11. The lowest BCUT2D eigenvalue weighted by Gasteiger charge is -2.26. The summed E-state index contributed by atoms with van der Waals surface area (Å²) >= 11 is 0. The molecule has 112 valence electrons. The topological polar surface area (TPSA) is 33.7 Å². The molecule has 0 bridgehead atoms. The fourth-order valence-corrected chi connectivity index (χ4v) is 2.22. The average Bonchev–Trinajstić information content (AvgIpc) is 2.49. The summed E-state index contributed by atoms with van der Waals surface area (Å²) in [5, 5.41) is 3.35. The summed E-state index contributed by atoms with van der Waals surface area (Å²) in [6, 6.07) is 8.17. The van der Waals surface area contributed by atoms with Crippen LogP contribution in [0.25, 0.3) is 0 Å². The Balaban J connectivity index is 1.44. The van der Waals surface area contributed by atoms with E-state index in [1.165, 1.54) is 5.56 Å². The fraction of sp³-hybridized carbons (Fsp3) is 0.625. The van der Waals surface area contributed by atoms with Crippen molar-refractivity contribution in [2.75, 3.05) is 52.5 Å². The van der Waals surface area contributed by atoms with E-state index >= 15 is 0 Å². The molecular formula is C16H26N2O2. The molecule has 0 radical (unpaired) electrons. The molecule has 4 heteroatoms. The molecule has 1 aliphatic rings. The van der Waals surface area contributed by atoms with Gasteiger partial charge in [-0.3, -0.25) is 4.90 Å². The van der Waals surface area contributed by atoms with E-state index in [1.54, 1.807) is 0 Å². The van der Waals surface area contributed by atoms with Crippen molar-refractivity contribution in [2.45, 2.75) is 13.3 Å². The second-order valence-electron chi connectivity index (χ2n) is 5.22. The van der Waals surface area contributed by atoms with E-state index in [1.807, 2.05) is 12.1 Å². The quantitative estimate of drug-likeness (QED) is 0.734. The van der Waals surface area contributed by atoms with Gasteiger partial charge in [-0.1, -0.05) is 17.7 Å². The predicted molar refractivity (Wildman–Crippen MR) is 81.4 cm³/mol. The fourth-order valence-electron chi connectivity index (χ4n) is 2.22. The van der Waals surface area contributed by atoms with Crippen molar-refractivity contribution in [3.05, 3.63) is 29.8 Å². The van der Waals surface area contributed by atoms with Crippen LogP contribution in [-0.2, 0) is 4.74 Å². The minimum atomic E-state index is 0.719. The van der Waals surface area contributed by atoms with E-state index in [9.17, 15) is 0 Å². The van der Waals surface area contributed by atoms with Gasteiger partial charge in [0.25, 0.3) is 0 Å². The molecule has 0 aliphatic carbocycles. The molecule has 2 rings (SSSR count). The van der Waals surface area contributed by atoms with Crippen molar-refractivity contribution < 1.29 is 9.47 Å². The average molecular weight is 278 g/mol. The van der Waals surface area contributed by atoms with Gasteiger partial charge in [-0.15, -0.1) is 0 Å². The number of rotatable bonds is 8. The van der Waals surface area contributed by atoms with Gasteiger partial charge >= 0.3 is 0 Å². The van der Waals surface area contributed by atoms with Gasteiger partial charge in [-0.05, 0) is 19.1 Å². The number of nitrogens with one attached hydrogen (secondary N) is 1. The maximum atomic E-state index is 5.66. The van der Waals surface area contributed by atoms with Gasteiger partial charge in [0.05, 0.1) is 13.2 Å². The maximum absolute atomic E-state index is 5.66. The largest absolute Gasteiger partial charge is 0.494 e. The van der Waals surface area contributed by atoms with Crippen LogP contribution < -0.4 is 10.1 Å². The van der Waals surface area contributed by atoms with Crippen LogP contribution in [-0.4, -0.2) is 57.4 Å². The first-order valence-corrected chi connectivity index (χ1v) is 7.55. The molecule has 1 heterocycles. The van der Waals surface area contributed by atoms with Gasteiger partial charge in [0, 0.05) is 45.8 Å². The number of aryl methyl sites for hydroxylation is 1. The molecule has 0 spiro atoms. The first-order valence-electron chi connectivity index (χ1n) is 7.55. The summed E-state index contributed by atoms with van der Waals surface area (Å²) < 4.78 is 11.3. The summed E-state index contributed by atoms with van der Waals surface area (Å²) in [6.45, 7) is 9.92. The Bertz CT molecular complexity index is 361. The highest BCUT2D eigenvalue weighted by atomic mass is 16.5. The van der Waals surface area contributed by atoms with Gasteiger partial charge in [0.1, 0.15) is 5.75 Å². The lowest BCUT2D eigenvalue weighted by atomic mass is 10.2. The lowest BCUT2D eigenvalue weighted by Crippen LogP contribution is -2.44. The van der Waals surface area contributed by atoms with Crippen LogP contribution >= 0.6 is 0 Å². The number of piperazine rings is 1. The Morgan fingerprint density at radius 2 is 1.80 bits per heavy atom. The molecule has 1 saturated heterocycles. The molecule has 0 aromatic heterocycles. The number of nitrogens with zero attached hydrogens (tertiary/aromatic N) is 1. The highest BCUT2D eigenvalue weighted by Gasteiger charge is 2.08. The number of benzene rings is 1. The minimum Gasteiger partial charge on any atom is -0.494 e. The van der Waals surface area contributed by atoms with Crippen molar-refractivity contribution in [3.8, 4) is 5.75 Å². The normalized spacial score (nSPS) is 16.2. The van der Waals surface area contributed by atoms with Crippen LogP contribution in [0.1, 0.15) is 12.0 Å². The molecule has 0 atom stereocenters. The highest BCUT2D eigenvalue weighted by molar-refractivity contribution is 5.26. The Labute approximate surface area is 122 Å².